The summed E-state index contributed by atoms with van der Waals surface area (Å²) in [6.45, 7) is 1.02. The molecule has 1 unspecified atom stereocenters. The van der Waals surface area contributed by atoms with Crippen molar-refractivity contribution in [2.24, 2.45) is 0 Å². The van der Waals surface area contributed by atoms with Gasteiger partial charge in [-0.3, -0.25) is 4.79 Å². The average molecular weight is 347 g/mol. The van der Waals surface area contributed by atoms with Crippen LogP contribution in [0.1, 0.15) is 22.3 Å². The smallest absolute Gasteiger partial charge is 0.180 e. The number of carbonyl (C=O) groups excluding carboxylic acids is 1. The molecule has 21 heavy (non-hydrogen) atoms. The summed E-state index contributed by atoms with van der Waals surface area (Å²) in [5, 5.41) is 0. The van der Waals surface area contributed by atoms with Gasteiger partial charge in [0, 0.05) is 6.42 Å². The molecule has 4 heteroatoms. The molecule has 2 aromatic carbocycles. The predicted octanol–water partition coefficient (Wildman–Crippen LogP) is 3.99. The largest absolute Gasteiger partial charge is 0.493 e. The van der Waals surface area contributed by atoms with Crippen LogP contribution in [0.4, 0.5) is 0 Å². The lowest BCUT2D eigenvalue weighted by Crippen LogP contribution is -2.13. The van der Waals surface area contributed by atoms with Gasteiger partial charge in [0.1, 0.15) is 18.1 Å². The number of ether oxygens (including phenoxy) is 2. The second-order valence-electron chi connectivity index (χ2n) is 4.90. The maximum atomic E-state index is 12.3. The van der Waals surface area contributed by atoms with Crippen molar-refractivity contribution in [2.45, 2.75) is 17.9 Å². The highest BCUT2D eigenvalue weighted by molar-refractivity contribution is 9.10. The summed E-state index contributed by atoms with van der Waals surface area (Å²) in [4.78, 5) is 12.1. The summed E-state index contributed by atoms with van der Waals surface area (Å²) >= 11 is 3.40. The van der Waals surface area contributed by atoms with E-state index in [-0.39, 0.29) is 10.6 Å². The third-order valence-corrected chi connectivity index (χ3v) is 4.25. The number of halogens is 1. The van der Waals surface area contributed by atoms with E-state index in [1.54, 1.807) is 12.1 Å². The lowest BCUT2D eigenvalue weighted by Gasteiger charge is -2.10. The quantitative estimate of drug-likeness (QED) is 0.788. The maximum Gasteiger partial charge on any atom is 0.180 e. The molecular formula is C17H15BrO3. The SMILES string of the molecule is O=C1c2cc(OCc3ccccc3)ccc2OCCC1Br. The highest BCUT2D eigenvalue weighted by Gasteiger charge is 2.24. The number of Topliss-reactive ketones (excluding diaryl/α,β-unsaturated/α-hetero) is 1. The summed E-state index contributed by atoms with van der Waals surface area (Å²) in [5.41, 5.74) is 1.67. The minimum Gasteiger partial charge on any atom is -0.493 e. The van der Waals surface area contributed by atoms with E-state index in [0.717, 1.165) is 5.56 Å². The van der Waals surface area contributed by atoms with Gasteiger partial charge in [-0.1, -0.05) is 46.3 Å². The Labute approximate surface area is 132 Å². The lowest BCUT2D eigenvalue weighted by atomic mass is 10.1. The Morgan fingerprint density at radius 3 is 2.81 bits per heavy atom. The van der Waals surface area contributed by atoms with Gasteiger partial charge < -0.3 is 9.47 Å². The third-order valence-electron chi connectivity index (χ3n) is 3.38. The monoisotopic (exact) mass is 346 g/mol. The number of ketones is 1. The van der Waals surface area contributed by atoms with Gasteiger partial charge in [0.25, 0.3) is 0 Å². The summed E-state index contributed by atoms with van der Waals surface area (Å²) < 4.78 is 11.4. The third kappa shape index (κ3) is 3.27. The summed E-state index contributed by atoms with van der Waals surface area (Å²) in [6, 6.07) is 15.3. The zero-order valence-electron chi connectivity index (χ0n) is 11.4. The van der Waals surface area contributed by atoms with Crippen molar-refractivity contribution in [3.05, 3.63) is 59.7 Å². The van der Waals surface area contributed by atoms with Gasteiger partial charge >= 0.3 is 0 Å². The van der Waals surface area contributed by atoms with Crippen LogP contribution in [0.2, 0.25) is 0 Å². The summed E-state index contributed by atoms with van der Waals surface area (Å²) in [7, 11) is 0. The first-order valence-electron chi connectivity index (χ1n) is 6.86. The van der Waals surface area contributed by atoms with Crippen LogP contribution in [0.15, 0.2) is 48.5 Å². The molecule has 0 aliphatic carbocycles. The van der Waals surface area contributed by atoms with Crippen molar-refractivity contribution >= 4 is 21.7 Å². The van der Waals surface area contributed by atoms with Gasteiger partial charge in [-0.15, -0.1) is 0 Å². The van der Waals surface area contributed by atoms with E-state index in [1.807, 2.05) is 36.4 Å². The molecular weight excluding hydrogens is 332 g/mol. The number of rotatable bonds is 3. The van der Waals surface area contributed by atoms with Crippen LogP contribution >= 0.6 is 15.9 Å². The number of fused-ring (bicyclic) bond motifs is 1. The van der Waals surface area contributed by atoms with Crippen molar-refractivity contribution in [3.63, 3.8) is 0 Å². The van der Waals surface area contributed by atoms with E-state index in [4.69, 9.17) is 9.47 Å². The molecule has 0 N–H and O–H groups in total. The molecule has 3 nitrogen and oxygen atoms in total. The van der Waals surface area contributed by atoms with E-state index >= 15 is 0 Å². The van der Waals surface area contributed by atoms with Crippen molar-refractivity contribution in [1.29, 1.82) is 0 Å². The highest BCUT2D eigenvalue weighted by atomic mass is 79.9. The molecule has 0 radical (unpaired) electrons. The first-order valence-corrected chi connectivity index (χ1v) is 7.77. The minimum atomic E-state index is -0.192. The summed E-state index contributed by atoms with van der Waals surface area (Å²) in [6.07, 6.45) is 0.674. The molecule has 108 valence electrons. The van der Waals surface area contributed by atoms with Gasteiger partial charge in [0.05, 0.1) is 17.0 Å². The number of hydrogen-bond acceptors (Lipinski definition) is 3. The average Bonchev–Trinajstić information content (AvgIpc) is 2.66. The van der Waals surface area contributed by atoms with Crippen molar-refractivity contribution in [3.8, 4) is 11.5 Å². The Balaban J connectivity index is 1.79. The van der Waals surface area contributed by atoms with Crippen LogP contribution in [0.3, 0.4) is 0 Å². The Bertz CT molecular complexity index is 640. The molecule has 0 aromatic heterocycles. The Morgan fingerprint density at radius 2 is 2.00 bits per heavy atom. The second-order valence-corrected chi connectivity index (χ2v) is 6.01. The number of alkyl halides is 1. The number of carbonyl (C=O) groups is 1. The molecule has 0 bridgehead atoms. The van der Waals surface area contributed by atoms with Gasteiger partial charge in [-0.25, -0.2) is 0 Å². The van der Waals surface area contributed by atoms with Crippen molar-refractivity contribution in [2.75, 3.05) is 6.61 Å². The van der Waals surface area contributed by atoms with Crippen LogP contribution < -0.4 is 9.47 Å². The lowest BCUT2D eigenvalue weighted by molar-refractivity contribution is 0.0991. The van der Waals surface area contributed by atoms with Crippen LogP contribution in [0.25, 0.3) is 0 Å². The van der Waals surface area contributed by atoms with E-state index in [0.29, 0.717) is 36.7 Å². The number of hydrogen-bond donors (Lipinski definition) is 0. The molecule has 2 aromatic rings. The topological polar surface area (TPSA) is 35.5 Å². The second kappa shape index (κ2) is 6.31. The minimum absolute atomic E-state index is 0.0488. The first-order chi connectivity index (χ1) is 10.2. The Morgan fingerprint density at radius 1 is 1.19 bits per heavy atom. The van der Waals surface area contributed by atoms with Crippen LogP contribution in [-0.2, 0) is 6.61 Å². The predicted molar refractivity (Wildman–Crippen MR) is 84.4 cm³/mol. The normalized spacial score (nSPS) is 17.6. The van der Waals surface area contributed by atoms with Gasteiger partial charge in [-0.05, 0) is 23.8 Å². The Kier molecular flexibility index (Phi) is 4.25. The standard InChI is InChI=1S/C17H15BrO3/c18-15-8-9-20-16-7-6-13(10-14(16)17(15)19)21-11-12-4-2-1-3-5-12/h1-7,10,15H,8-9,11H2. The molecule has 0 saturated carbocycles. The molecule has 0 saturated heterocycles. The molecule has 1 heterocycles. The molecule has 1 aliphatic rings. The van der Waals surface area contributed by atoms with E-state index in [1.165, 1.54) is 0 Å². The zero-order valence-corrected chi connectivity index (χ0v) is 13.0. The van der Waals surface area contributed by atoms with E-state index in [9.17, 15) is 4.79 Å². The summed E-state index contributed by atoms with van der Waals surface area (Å²) in [5.74, 6) is 1.36. The van der Waals surface area contributed by atoms with Crippen LogP contribution in [-0.4, -0.2) is 17.2 Å². The van der Waals surface area contributed by atoms with Gasteiger partial charge in [-0.2, -0.15) is 0 Å². The molecule has 0 amide bonds. The van der Waals surface area contributed by atoms with Crippen LogP contribution in [0.5, 0.6) is 11.5 Å². The first kappa shape index (κ1) is 14.1. The fraction of sp³-hybridized carbons (Fsp3) is 0.235. The maximum absolute atomic E-state index is 12.3. The zero-order chi connectivity index (χ0) is 14.7. The number of benzene rings is 2. The molecule has 1 aliphatic heterocycles. The van der Waals surface area contributed by atoms with Gasteiger partial charge in [0.2, 0.25) is 0 Å². The van der Waals surface area contributed by atoms with Gasteiger partial charge in [0.15, 0.2) is 5.78 Å². The van der Waals surface area contributed by atoms with Crippen LogP contribution in [0, 0.1) is 0 Å². The van der Waals surface area contributed by atoms with E-state index in [2.05, 4.69) is 15.9 Å². The highest BCUT2D eigenvalue weighted by Crippen LogP contribution is 2.30. The molecule has 0 spiro atoms. The Hall–Kier alpha value is -1.81. The molecule has 1 atom stereocenters. The fourth-order valence-electron chi connectivity index (χ4n) is 2.23. The van der Waals surface area contributed by atoms with Crippen molar-refractivity contribution in [1.82, 2.24) is 0 Å². The fourth-order valence-corrected chi connectivity index (χ4v) is 2.66. The van der Waals surface area contributed by atoms with Crippen molar-refractivity contribution < 1.29 is 14.3 Å². The van der Waals surface area contributed by atoms with E-state index < -0.39 is 0 Å². The molecule has 0 fully saturated rings. The molecule has 3 rings (SSSR count).